The van der Waals surface area contributed by atoms with Gasteiger partial charge in [0.25, 0.3) is 0 Å². The zero-order valence-corrected chi connectivity index (χ0v) is 12.2. The molecule has 0 bridgehead atoms. The van der Waals surface area contributed by atoms with Crippen LogP contribution in [0.25, 0.3) is 0 Å². The number of carboxylic acid groups (broad SMARTS) is 1. The quantitative estimate of drug-likeness (QED) is 0.745. The molecule has 0 unspecified atom stereocenters. The zero-order valence-electron chi connectivity index (χ0n) is 12.2. The van der Waals surface area contributed by atoms with Crippen molar-refractivity contribution in [3.05, 3.63) is 29.6 Å². The highest BCUT2D eigenvalue weighted by Crippen LogP contribution is 2.21. The van der Waals surface area contributed by atoms with Gasteiger partial charge < -0.3 is 14.7 Å². The number of ether oxygens (including phenoxy) is 1. The van der Waals surface area contributed by atoms with Gasteiger partial charge in [-0.2, -0.15) is 0 Å². The summed E-state index contributed by atoms with van der Waals surface area (Å²) in [6.45, 7) is 8.53. The lowest BCUT2D eigenvalue weighted by Crippen LogP contribution is -2.32. The molecule has 1 aromatic carbocycles. The second-order valence-electron chi connectivity index (χ2n) is 4.84. The van der Waals surface area contributed by atoms with E-state index in [1.54, 1.807) is 0 Å². The fraction of sp³-hybridized carbons (Fsp3) is 0.533. The minimum Gasteiger partial charge on any atom is -0.493 e. The Morgan fingerprint density at radius 2 is 2.15 bits per heavy atom. The van der Waals surface area contributed by atoms with Gasteiger partial charge in [0, 0.05) is 12.6 Å². The van der Waals surface area contributed by atoms with Crippen LogP contribution >= 0.6 is 0 Å². The molecule has 1 aromatic rings. The van der Waals surface area contributed by atoms with Gasteiger partial charge in [-0.05, 0) is 38.9 Å². The number of rotatable bonds is 8. The molecular weight excluding hydrogens is 261 g/mol. The van der Waals surface area contributed by atoms with Gasteiger partial charge in [0.2, 0.25) is 0 Å². The third-order valence-electron chi connectivity index (χ3n) is 3.17. The van der Waals surface area contributed by atoms with Gasteiger partial charge in [-0.3, -0.25) is 0 Å². The summed E-state index contributed by atoms with van der Waals surface area (Å²) in [5.74, 6) is -1.99. The number of carboxylic acids is 1. The number of aromatic carboxylic acids is 1. The van der Waals surface area contributed by atoms with E-state index < -0.39 is 17.3 Å². The number of hydrogen-bond donors (Lipinski definition) is 1. The maximum Gasteiger partial charge on any atom is 0.342 e. The first-order valence-electron chi connectivity index (χ1n) is 6.86. The Bertz CT molecular complexity index is 449. The van der Waals surface area contributed by atoms with E-state index in [-0.39, 0.29) is 5.75 Å². The number of carbonyl (C=O) groups is 1. The Morgan fingerprint density at radius 3 is 2.70 bits per heavy atom. The summed E-state index contributed by atoms with van der Waals surface area (Å²) in [5, 5.41) is 8.97. The average molecular weight is 283 g/mol. The van der Waals surface area contributed by atoms with E-state index in [2.05, 4.69) is 25.7 Å². The summed E-state index contributed by atoms with van der Waals surface area (Å²) < 4.78 is 18.8. The third-order valence-corrected chi connectivity index (χ3v) is 3.17. The minimum atomic E-state index is -1.31. The van der Waals surface area contributed by atoms with Crippen molar-refractivity contribution in [1.82, 2.24) is 4.90 Å². The van der Waals surface area contributed by atoms with Crippen molar-refractivity contribution < 1.29 is 19.0 Å². The van der Waals surface area contributed by atoms with Gasteiger partial charge in [0.15, 0.2) is 0 Å². The molecule has 0 amide bonds. The summed E-state index contributed by atoms with van der Waals surface area (Å²) in [4.78, 5) is 13.3. The van der Waals surface area contributed by atoms with Crippen LogP contribution < -0.4 is 4.74 Å². The van der Waals surface area contributed by atoms with E-state index in [4.69, 9.17) is 9.84 Å². The Morgan fingerprint density at radius 1 is 1.45 bits per heavy atom. The molecular formula is C15H22FNO3. The molecule has 0 radical (unpaired) electrons. The van der Waals surface area contributed by atoms with Crippen LogP contribution in [0.2, 0.25) is 0 Å². The lowest BCUT2D eigenvalue weighted by molar-refractivity contribution is 0.0686. The van der Waals surface area contributed by atoms with Crippen LogP contribution in [0, 0.1) is 5.82 Å². The number of benzene rings is 1. The molecule has 0 spiro atoms. The molecule has 0 fully saturated rings. The molecule has 1 N–H and O–H groups in total. The van der Waals surface area contributed by atoms with Gasteiger partial charge in [-0.15, -0.1) is 0 Å². The van der Waals surface area contributed by atoms with Gasteiger partial charge in [0.1, 0.15) is 17.1 Å². The second kappa shape index (κ2) is 7.85. The lowest BCUT2D eigenvalue weighted by atomic mass is 10.2. The highest BCUT2D eigenvalue weighted by molar-refractivity contribution is 5.91. The Labute approximate surface area is 119 Å². The van der Waals surface area contributed by atoms with E-state index in [0.29, 0.717) is 12.6 Å². The van der Waals surface area contributed by atoms with Gasteiger partial charge in [-0.25, -0.2) is 9.18 Å². The first kappa shape index (κ1) is 16.4. The minimum absolute atomic E-state index is 0.0881. The molecule has 0 saturated carbocycles. The normalized spacial score (nSPS) is 11.1. The number of nitrogens with zero attached hydrogens (tertiary/aromatic N) is 1. The fourth-order valence-electron chi connectivity index (χ4n) is 2.06. The maximum atomic E-state index is 13.4. The van der Waals surface area contributed by atoms with Gasteiger partial charge in [0.05, 0.1) is 6.61 Å². The zero-order chi connectivity index (χ0) is 15.1. The predicted octanol–water partition coefficient (Wildman–Crippen LogP) is 3.02. The summed E-state index contributed by atoms with van der Waals surface area (Å²) in [5.41, 5.74) is -0.399. The molecule has 0 saturated heterocycles. The molecule has 0 aliphatic heterocycles. The molecule has 20 heavy (non-hydrogen) atoms. The average Bonchev–Trinajstić information content (AvgIpc) is 2.37. The Balaban J connectivity index is 2.55. The molecule has 5 heteroatoms. The molecule has 0 heterocycles. The molecule has 0 atom stereocenters. The second-order valence-corrected chi connectivity index (χ2v) is 4.84. The van der Waals surface area contributed by atoms with E-state index >= 15 is 0 Å². The van der Waals surface area contributed by atoms with Crippen LogP contribution in [0.15, 0.2) is 18.2 Å². The topological polar surface area (TPSA) is 49.8 Å². The van der Waals surface area contributed by atoms with Gasteiger partial charge in [-0.1, -0.05) is 13.0 Å². The van der Waals surface area contributed by atoms with Crippen molar-refractivity contribution >= 4 is 5.97 Å². The lowest BCUT2D eigenvalue weighted by Gasteiger charge is -2.24. The van der Waals surface area contributed by atoms with Crippen LogP contribution in [-0.4, -0.2) is 41.7 Å². The molecule has 0 aliphatic carbocycles. The summed E-state index contributed by atoms with van der Waals surface area (Å²) in [6.07, 6.45) is 0.765. The van der Waals surface area contributed by atoms with Crippen LogP contribution in [-0.2, 0) is 0 Å². The van der Waals surface area contributed by atoms with E-state index in [1.165, 1.54) is 12.1 Å². The van der Waals surface area contributed by atoms with E-state index in [0.717, 1.165) is 25.6 Å². The molecule has 0 aliphatic rings. The standard InChI is InChI=1S/C15H22FNO3/c1-4-17(11(2)3)9-6-10-20-13-8-5-7-12(16)14(13)15(18)19/h5,7-8,11H,4,6,9-10H2,1-3H3,(H,18,19). The van der Waals surface area contributed by atoms with Crippen LogP contribution in [0.5, 0.6) is 5.75 Å². The van der Waals surface area contributed by atoms with E-state index in [9.17, 15) is 9.18 Å². The Hall–Kier alpha value is -1.62. The molecule has 112 valence electrons. The monoisotopic (exact) mass is 283 g/mol. The smallest absolute Gasteiger partial charge is 0.342 e. The SMILES string of the molecule is CCN(CCCOc1cccc(F)c1C(=O)O)C(C)C. The fourth-order valence-corrected chi connectivity index (χ4v) is 2.06. The largest absolute Gasteiger partial charge is 0.493 e. The summed E-state index contributed by atoms with van der Waals surface area (Å²) in [6, 6.07) is 4.51. The van der Waals surface area contributed by atoms with Crippen molar-refractivity contribution in [2.45, 2.75) is 33.2 Å². The maximum absolute atomic E-state index is 13.4. The van der Waals surface area contributed by atoms with Crippen molar-refractivity contribution in [2.24, 2.45) is 0 Å². The van der Waals surface area contributed by atoms with Crippen molar-refractivity contribution in [3.8, 4) is 5.75 Å². The van der Waals surface area contributed by atoms with Crippen molar-refractivity contribution in [1.29, 1.82) is 0 Å². The highest BCUT2D eigenvalue weighted by atomic mass is 19.1. The molecule has 4 nitrogen and oxygen atoms in total. The predicted molar refractivity (Wildman–Crippen MR) is 75.9 cm³/mol. The first-order chi connectivity index (χ1) is 9.47. The molecule has 0 aromatic heterocycles. The first-order valence-corrected chi connectivity index (χ1v) is 6.86. The summed E-state index contributed by atoms with van der Waals surface area (Å²) in [7, 11) is 0. The van der Waals surface area contributed by atoms with Gasteiger partial charge >= 0.3 is 5.97 Å². The van der Waals surface area contributed by atoms with Crippen LogP contribution in [0.4, 0.5) is 4.39 Å². The summed E-state index contributed by atoms with van der Waals surface area (Å²) >= 11 is 0. The van der Waals surface area contributed by atoms with Crippen LogP contribution in [0.1, 0.15) is 37.6 Å². The highest BCUT2D eigenvalue weighted by Gasteiger charge is 2.16. The van der Waals surface area contributed by atoms with Crippen LogP contribution in [0.3, 0.4) is 0 Å². The third kappa shape index (κ3) is 4.49. The van der Waals surface area contributed by atoms with Crippen molar-refractivity contribution in [2.75, 3.05) is 19.7 Å². The number of halogens is 1. The molecule has 1 rings (SSSR count). The number of hydrogen-bond acceptors (Lipinski definition) is 3. The van der Waals surface area contributed by atoms with Crippen molar-refractivity contribution in [3.63, 3.8) is 0 Å². The Kier molecular flexibility index (Phi) is 6.45. The van der Waals surface area contributed by atoms with E-state index in [1.807, 2.05) is 0 Å².